The monoisotopic (exact) mass is 356 g/mol. The maximum atomic E-state index is 12.4. The van der Waals surface area contributed by atoms with Gasteiger partial charge in [-0.3, -0.25) is 4.79 Å². The molecule has 2 aromatic heterocycles. The summed E-state index contributed by atoms with van der Waals surface area (Å²) >= 11 is 0. The van der Waals surface area contributed by atoms with Gasteiger partial charge in [-0.15, -0.1) is 0 Å². The summed E-state index contributed by atoms with van der Waals surface area (Å²) in [6.07, 6.45) is 5.01. The van der Waals surface area contributed by atoms with Crippen molar-refractivity contribution in [3.63, 3.8) is 0 Å². The lowest BCUT2D eigenvalue weighted by molar-refractivity contribution is 0.101. The molecule has 0 atom stereocenters. The summed E-state index contributed by atoms with van der Waals surface area (Å²) in [5.41, 5.74) is 1.07. The fourth-order valence-electron chi connectivity index (χ4n) is 2.21. The quantitative estimate of drug-likeness (QED) is 0.681. The van der Waals surface area contributed by atoms with Crippen LogP contribution in [0.2, 0.25) is 0 Å². The lowest BCUT2D eigenvalue weighted by Crippen LogP contribution is -2.23. The van der Waals surface area contributed by atoms with Crippen LogP contribution in [0.25, 0.3) is 5.82 Å². The van der Waals surface area contributed by atoms with Gasteiger partial charge in [0.05, 0.1) is 4.90 Å². The Morgan fingerprint density at radius 2 is 2.04 bits per heavy atom. The molecule has 8 heteroatoms. The van der Waals surface area contributed by atoms with E-state index in [1.807, 2.05) is 0 Å². The minimum Gasteiger partial charge on any atom is -0.295 e. The van der Waals surface area contributed by atoms with Crippen LogP contribution in [0.1, 0.15) is 22.8 Å². The van der Waals surface area contributed by atoms with E-state index in [0.29, 0.717) is 16.9 Å². The maximum absolute atomic E-state index is 12.4. The first kappa shape index (κ1) is 17.0. The summed E-state index contributed by atoms with van der Waals surface area (Å²) in [5, 5.41) is 4.08. The van der Waals surface area contributed by atoms with Crippen molar-refractivity contribution in [3.8, 4) is 5.82 Å². The summed E-state index contributed by atoms with van der Waals surface area (Å²) in [6.45, 7) is 1.49. The van der Waals surface area contributed by atoms with Crippen molar-refractivity contribution in [1.29, 1.82) is 0 Å². The third kappa shape index (κ3) is 3.98. The van der Waals surface area contributed by atoms with E-state index in [2.05, 4.69) is 14.8 Å². The molecule has 0 aliphatic heterocycles. The van der Waals surface area contributed by atoms with Crippen molar-refractivity contribution < 1.29 is 13.2 Å². The van der Waals surface area contributed by atoms with Crippen LogP contribution in [0.5, 0.6) is 0 Å². The normalized spacial score (nSPS) is 11.4. The number of carbonyl (C=O) groups excluding carboxylic acids is 1. The number of nitrogens with zero attached hydrogens (tertiary/aromatic N) is 3. The van der Waals surface area contributed by atoms with Crippen molar-refractivity contribution in [3.05, 3.63) is 72.2 Å². The summed E-state index contributed by atoms with van der Waals surface area (Å²) in [7, 11) is -3.72. The second-order valence-electron chi connectivity index (χ2n) is 5.38. The maximum Gasteiger partial charge on any atom is 0.240 e. The standard InChI is InChI=1S/C17H16N4O3S/c1-13(22)15-4-2-5-16(10-15)25(23,24)20-12-14-6-7-17(18-11-14)21-9-3-8-19-21/h2-11,20H,12H2,1H3. The van der Waals surface area contributed by atoms with Crippen LogP contribution >= 0.6 is 0 Å². The zero-order valence-electron chi connectivity index (χ0n) is 13.5. The Morgan fingerprint density at radius 1 is 1.20 bits per heavy atom. The molecule has 0 spiro atoms. The minimum atomic E-state index is -3.72. The first-order valence-electron chi connectivity index (χ1n) is 7.51. The molecule has 128 valence electrons. The van der Waals surface area contributed by atoms with Crippen LogP contribution in [-0.2, 0) is 16.6 Å². The summed E-state index contributed by atoms with van der Waals surface area (Å²) in [5.74, 6) is 0.459. The van der Waals surface area contributed by atoms with Gasteiger partial charge in [-0.1, -0.05) is 18.2 Å². The molecule has 0 bridgehead atoms. The van der Waals surface area contributed by atoms with E-state index < -0.39 is 10.0 Å². The van der Waals surface area contributed by atoms with Crippen molar-refractivity contribution in [2.45, 2.75) is 18.4 Å². The van der Waals surface area contributed by atoms with Crippen LogP contribution in [0.3, 0.4) is 0 Å². The minimum absolute atomic E-state index is 0.0568. The molecular formula is C17H16N4O3S. The summed E-state index contributed by atoms with van der Waals surface area (Å²) in [4.78, 5) is 15.7. The highest BCUT2D eigenvalue weighted by Crippen LogP contribution is 2.13. The van der Waals surface area contributed by atoms with Crippen LogP contribution in [0, 0.1) is 0 Å². The molecule has 0 aliphatic rings. The molecule has 1 N–H and O–H groups in total. The summed E-state index contributed by atoms with van der Waals surface area (Å²) < 4.78 is 28.9. The third-order valence-electron chi connectivity index (χ3n) is 3.57. The molecule has 0 saturated heterocycles. The molecule has 0 fully saturated rings. The molecule has 2 heterocycles. The predicted molar refractivity (Wildman–Crippen MR) is 91.8 cm³/mol. The first-order valence-corrected chi connectivity index (χ1v) is 9.00. The van der Waals surface area contributed by atoms with Gasteiger partial charge in [0.1, 0.15) is 0 Å². The number of nitrogens with one attached hydrogen (secondary N) is 1. The average Bonchev–Trinajstić information content (AvgIpc) is 3.15. The zero-order valence-corrected chi connectivity index (χ0v) is 14.3. The number of carbonyl (C=O) groups is 1. The molecule has 0 aliphatic carbocycles. The average molecular weight is 356 g/mol. The zero-order chi connectivity index (χ0) is 17.9. The number of benzene rings is 1. The summed E-state index contributed by atoms with van der Waals surface area (Å²) in [6, 6.07) is 11.3. The number of aromatic nitrogens is 3. The topological polar surface area (TPSA) is 94.0 Å². The molecule has 0 radical (unpaired) electrons. The van der Waals surface area contributed by atoms with E-state index in [0.717, 1.165) is 0 Å². The Bertz CT molecular complexity index is 981. The Kier molecular flexibility index (Phi) is 4.73. The van der Waals surface area contributed by atoms with Gasteiger partial charge in [0.2, 0.25) is 10.0 Å². The molecular weight excluding hydrogens is 340 g/mol. The van der Waals surface area contributed by atoms with E-state index in [1.54, 1.807) is 53.6 Å². The Hall–Kier alpha value is -2.84. The predicted octanol–water partition coefficient (Wildman–Crippen LogP) is 1.95. The lowest BCUT2D eigenvalue weighted by Gasteiger charge is -2.08. The number of pyridine rings is 1. The number of Topliss-reactive ketones (excluding diaryl/α,β-unsaturated/α-hetero) is 1. The number of hydrogen-bond donors (Lipinski definition) is 1. The largest absolute Gasteiger partial charge is 0.295 e. The first-order chi connectivity index (χ1) is 12.0. The van der Waals surface area contributed by atoms with Gasteiger partial charge in [-0.2, -0.15) is 5.10 Å². The van der Waals surface area contributed by atoms with Crippen molar-refractivity contribution in [1.82, 2.24) is 19.5 Å². The second-order valence-corrected chi connectivity index (χ2v) is 7.15. The van der Waals surface area contributed by atoms with Gasteiger partial charge in [0.15, 0.2) is 11.6 Å². The Balaban J connectivity index is 1.72. The molecule has 3 aromatic rings. The third-order valence-corrected chi connectivity index (χ3v) is 4.96. The van der Waals surface area contributed by atoms with Gasteiger partial charge >= 0.3 is 0 Å². The van der Waals surface area contributed by atoms with Gasteiger partial charge in [-0.25, -0.2) is 22.8 Å². The van der Waals surface area contributed by atoms with E-state index in [4.69, 9.17) is 0 Å². The highest BCUT2D eigenvalue weighted by atomic mass is 32.2. The smallest absolute Gasteiger partial charge is 0.240 e. The van der Waals surface area contributed by atoms with Crippen LogP contribution in [-0.4, -0.2) is 29.0 Å². The highest BCUT2D eigenvalue weighted by Gasteiger charge is 2.15. The van der Waals surface area contributed by atoms with Gasteiger partial charge in [0.25, 0.3) is 0 Å². The molecule has 3 rings (SSSR count). The van der Waals surface area contributed by atoms with Crippen molar-refractivity contribution in [2.75, 3.05) is 0 Å². The number of hydrogen-bond acceptors (Lipinski definition) is 5. The van der Waals surface area contributed by atoms with Crippen molar-refractivity contribution >= 4 is 15.8 Å². The molecule has 7 nitrogen and oxygen atoms in total. The number of sulfonamides is 1. The second kappa shape index (κ2) is 6.96. The lowest BCUT2D eigenvalue weighted by atomic mass is 10.2. The number of ketones is 1. The van der Waals surface area contributed by atoms with E-state index in [9.17, 15) is 13.2 Å². The van der Waals surface area contributed by atoms with E-state index >= 15 is 0 Å². The SMILES string of the molecule is CC(=O)c1cccc(S(=O)(=O)NCc2ccc(-n3cccn3)nc2)c1. The van der Waals surface area contributed by atoms with Crippen molar-refractivity contribution in [2.24, 2.45) is 0 Å². The van der Waals surface area contributed by atoms with Crippen LogP contribution in [0.15, 0.2) is 66.0 Å². The molecule has 25 heavy (non-hydrogen) atoms. The number of rotatable bonds is 6. The van der Waals surface area contributed by atoms with Gasteiger partial charge in [0, 0.05) is 30.7 Å². The molecule has 0 saturated carbocycles. The Morgan fingerprint density at radius 3 is 2.68 bits per heavy atom. The van der Waals surface area contributed by atoms with E-state index in [-0.39, 0.29) is 17.2 Å². The fraction of sp³-hybridized carbons (Fsp3) is 0.118. The Labute approximate surface area is 145 Å². The molecule has 1 aromatic carbocycles. The van der Waals surface area contributed by atoms with Gasteiger partial charge in [-0.05, 0) is 36.8 Å². The van der Waals surface area contributed by atoms with E-state index in [1.165, 1.54) is 19.1 Å². The van der Waals surface area contributed by atoms with Crippen LogP contribution < -0.4 is 4.72 Å². The van der Waals surface area contributed by atoms with Gasteiger partial charge < -0.3 is 0 Å². The van der Waals surface area contributed by atoms with Crippen LogP contribution in [0.4, 0.5) is 0 Å². The molecule has 0 unspecified atom stereocenters. The molecule has 0 amide bonds. The highest BCUT2D eigenvalue weighted by molar-refractivity contribution is 7.89. The fourth-order valence-corrected chi connectivity index (χ4v) is 3.27.